The fraction of sp³-hybridized carbons (Fsp3) is 0.125. The van der Waals surface area contributed by atoms with Gasteiger partial charge >= 0.3 is 5.63 Å². The highest BCUT2D eigenvalue weighted by Crippen LogP contribution is 2.21. The average molecular weight is 299 g/mol. The normalized spacial score (nSPS) is 10.7. The lowest BCUT2D eigenvalue weighted by molar-refractivity contribution is -0.115. The number of rotatable bonds is 3. The maximum absolute atomic E-state index is 12.0. The van der Waals surface area contributed by atoms with E-state index in [-0.39, 0.29) is 11.5 Å². The van der Waals surface area contributed by atoms with Crippen LogP contribution in [0.2, 0.25) is 0 Å². The first-order valence-electron chi connectivity index (χ1n) is 6.47. The van der Waals surface area contributed by atoms with Crippen LogP contribution in [0.4, 0.5) is 5.69 Å². The second-order valence-electron chi connectivity index (χ2n) is 4.82. The SMILES string of the molecule is Cc1cc(=O)oc2cc(NC(=O)Cc3ccsc3)ccc12. The molecule has 1 amide bonds. The number of hydrogen-bond acceptors (Lipinski definition) is 4. The highest BCUT2D eigenvalue weighted by Gasteiger charge is 2.07. The third kappa shape index (κ3) is 3.03. The van der Waals surface area contributed by atoms with E-state index >= 15 is 0 Å². The van der Waals surface area contributed by atoms with Crippen LogP contribution >= 0.6 is 11.3 Å². The molecule has 0 aliphatic heterocycles. The molecule has 0 spiro atoms. The smallest absolute Gasteiger partial charge is 0.336 e. The molecule has 0 aliphatic rings. The van der Waals surface area contributed by atoms with Crippen LogP contribution in [-0.4, -0.2) is 5.91 Å². The average Bonchev–Trinajstić information content (AvgIpc) is 2.90. The largest absolute Gasteiger partial charge is 0.423 e. The first-order valence-corrected chi connectivity index (χ1v) is 7.41. The molecule has 0 atom stereocenters. The van der Waals surface area contributed by atoms with Gasteiger partial charge in [-0.05, 0) is 47.0 Å². The number of anilines is 1. The van der Waals surface area contributed by atoms with Crippen LogP contribution in [0.5, 0.6) is 0 Å². The van der Waals surface area contributed by atoms with E-state index < -0.39 is 0 Å². The number of aryl methyl sites for hydroxylation is 1. The summed E-state index contributed by atoms with van der Waals surface area (Å²) >= 11 is 1.56. The predicted molar refractivity (Wildman–Crippen MR) is 83.9 cm³/mol. The molecule has 3 aromatic rings. The molecule has 0 aliphatic carbocycles. The summed E-state index contributed by atoms with van der Waals surface area (Å²) in [4.78, 5) is 23.3. The summed E-state index contributed by atoms with van der Waals surface area (Å²) in [5.74, 6) is -0.0947. The fourth-order valence-electron chi connectivity index (χ4n) is 2.19. The number of carbonyl (C=O) groups is 1. The van der Waals surface area contributed by atoms with Crippen LogP contribution in [0, 0.1) is 6.92 Å². The molecule has 2 heterocycles. The maximum Gasteiger partial charge on any atom is 0.336 e. The molecule has 0 unspecified atom stereocenters. The Kier molecular flexibility index (Phi) is 3.58. The van der Waals surface area contributed by atoms with Crippen LogP contribution in [0.25, 0.3) is 11.0 Å². The van der Waals surface area contributed by atoms with E-state index in [1.165, 1.54) is 6.07 Å². The Hall–Kier alpha value is -2.40. The van der Waals surface area contributed by atoms with E-state index in [1.807, 2.05) is 29.8 Å². The van der Waals surface area contributed by atoms with E-state index in [1.54, 1.807) is 23.5 Å². The predicted octanol–water partition coefficient (Wildman–Crippen LogP) is 3.34. The van der Waals surface area contributed by atoms with E-state index in [0.717, 1.165) is 16.5 Å². The molecule has 5 heteroatoms. The Morgan fingerprint density at radius 1 is 1.29 bits per heavy atom. The van der Waals surface area contributed by atoms with Crippen molar-refractivity contribution in [2.45, 2.75) is 13.3 Å². The van der Waals surface area contributed by atoms with Crippen LogP contribution in [0.3, 0.4) is 0 Å². The third-order valence-electron chi connectivity index (χ3n) is 3.18. The van der Waals surface area contributed by atoms with Gasteiger partial charge in [-0.15, -0.1) is 0 Å². The molecule has 2 aromatic heterocycles. The number of thiophene rings is 1. The first-order chi connectivity index (χ1) is 10.1. The summed E-state index contributed by atoms with van der Waals surface area (Å²) < 4.78 is 5.17. The van der Waals surface area contributed by atoms with E-state index in [2.05, 4.69) is 5.32 Å². The molecule has 3 rings (SSSR count). The van der Waals surface area contributed by atoms with Crippen molar-refractivity contribution in [1.29, 1.82) is 0 Å². The second-order valence-corrected chi connectivity index (χ2v) is 5.60. The van der Waals surface area contributed by atoms with Crippen molar-refractivity contribution >= 4 is 33.9 Å². The lowest BCUT2D eigenvalue weighted by atomic mass is 10.1. The Balaban J connectivity index is 1.84. The van der Waals surface area contributed by atoms with Gasteiger partial charge in [0.05, 0.1) is 6.42 Å². The monoisotopic (exact) mass is 299 g/mol. The molecule has 21 heavy (non-hydrogen) atoms. The molecule has 0 fully saturated rings. The molecule has 106 valence electrons. The van der Waals surface area contributed by atoms with Crippen molar-refractivity contribution in [3.05, 3.63) is 62.6 Å². The van der Waals surface area contributed by atoms with Crippen molar-refractivity contribution < 1.29 is 9.21 Å². The van der Waals surface area contributed by atoms with E-state index in [9.17, 15) is 9.59 Å². The van der Waals surface area contributed by atoms with Gasteiger partial charge in [-0.3, -0.25) is 4.79 Å². The molecule has 0 bridgehead atoms. The van der Waals surface area contributed by atoms with Crippen molar-refractivity contribution in [3.8, 4) is 0 Å². The summed E-state index contributed by atoms with van der Waals surface area (Å²) in [5, 5.41) is 7.57. The van der Waals surface area contributed by atoms with Gasteiger partial charge in [-0.2, -0.15) is 11.3 Å². The lowest BCUT2D eigenvalue weighted by Gasteiger charge is -2.06. The highest BCUT2D eigenvalue weighted by atomic mass is 32.1. The zero-order chi connectivity index (χ0) is 14.8. The number of benzene rings is 1. The number of hydrogen-bond donors (Lipinski definition) is 1. The maximum atomic E-state index is 12.0. The molecule has 0 radical (unpaired) electrons. The van der Waals surface area contributed by atoms with Crippen LogP contribution in [0.15, 0.2) is 50.3 Å². The summed E-state index contributed by atoms with van der Waals surface area (Å²) in [6, 6.07) is 8.70. The molecule has 1 N–H and O–H groups in total. The topological polar surface area (TPSA) is 59.3 Å². The van der Waals surface area contributed by atoms with E-state index in [4.69, 9.17) is 4.42 Å². The molecular formula is C16H13NO3S. The number of nitrogens with one attached hydrogen (secondary N) is 1. The summed E-state index contributed by atoms with van der Waals surface area (Å²) in [5.41, 5.74) is 2.56. The van der Waals surface area contributed by atoms with Gasteiger partial charge in [0, 0.05) is 23.2 Å². The molecule has 0 saturated carbocycles. The van der Waals surface area contributed by atoms with Gasteiger partial charge in [-0.1, -0.05) is 0 Å². The Bertz CT molecular complexity index is 850. The Labute approximate surface area is 125 Å². The van der Waals surface area contributed by atoms with Gasteiger partial charge in [0.15, 0.2) is 0 Å². The minimum atomic E-state index is -0.387. The second kappa shape index (κ2) is 5.54. The van der Waals surface area contributed by atoms with Crippen LogP contribution in [0.1, 0.15) is 11.1 Å². The zero-order valence-electron chi connectivity index (χ0n) is 11.4. The van der Waals surface area contributed by atoms with Gasteiger partial charge < -0.3 is 9.73 Å². The summed E-state index contributed by atoms with van der Waals surface area (Å²) in [6.07, 6.45) is 0.333. The Morgan fingerprint density at radius 3 is 2.90 bits per heavy atom. The molecule has 0 saturated heterocycles. The van der Waals surface area contributed by atoms with Crippen molar-refractivity contribution in [1.82, 2.24) is 0 Å². The third-order valence-corrected chi connectivity index (χ3v) is 3.91. The van der Waals surface area contributed by atoms with Crippen molar-refractivity contribution in [3.63, 3.8) is 0 Å². The number of carbonyl (C=O) groups excluding carboxylic acids is 1. The summed E-state index contributed by atoms with van der Waals surface area (Å²) in [7, 11) is 0. The minimum absolute atomic E-state index is 0.0947. The summed E-state index contributed by atoms with van der Waals surface area (Å²) in [6.45, 7) is 1.86. The highest BCUT2D eigenvalue weighted by molar-refractivity contribution is 7.08. The fourth-order valence-corrected chi connectivity index (χ4v) is 2.86. The minimum Gasteiger partial charge on any atom is -0.423 e. The van der Waals surface area contributed by atoms with Gasteiger partial charge in [0.1, 0.15) is 5.58 Å². The van der Waals surface area contributed by atoms with Gasteiger partial charge in [-0.25, -0.2) is 4.79 Å². The van der Waals surface area contributed by atoms with Crippen molar-refractivity contribution in [2.75, 3.05) is 5.32 Å². The van der Waals surface area contributed by atoms with E-state index in [0.29, 0.717) is 17.7 Å². The number of amides is 1. The molecule has 1 aromatic carbocycles. The first kappa shape index (κ1) is 13.6. The molecule has 4 nitrogen and oxygen atoms in total. The van der Waals surface area contributed by atoms with Crippen molar-refractivity contribution in [2.24, 2.45) is 0 Å². The number of fused-ring (bicyclic) bond motifs is 1. The molecular weight excluding hydrogens is 286 g/mol. The van der Waals surface area contributed by atoms with Crippen LogP contribution in [-0.2, 0) is 11.2 Å². The standard InChI is InChI=1S/C16H13NO3S/c1-10-6-16(19)20-14-8-12(2-3-13(10)14)17-15(18)7-11-4-5-21-9-11/h2-6,8-9H,7H2,1H3,(H,17,18). The van der Waals surface area contributed by atoms with Gasteiger partial charge in [0.2, 0.25) is 5.91 Å². The Morgan fingerprint density at radius 2 is 2.14 bits per heavy atom. The lowest BCUT2D eigenvalue weighted by Crippen LogP contribution is -2.14. The van der Waals surface area contributed by atoms with Crippen LogP contribution < -0.4 is 10.9 Å². The van der Waals surface area contributed by atoms with Gasteiger partial charge in [0.25, 0.3) is 0 Å². The quantitative estimate of drug-likeness (QED) is 0.755. The zero-order valence-corrected chi connectivity index (χ0v) is 12.2.